The number of carbonyl (C=O) groups excluding carboxylic acids is 2. The average Bonchev–Trinajstić information content (AvgIpc) is 2.47. The molecule has 2 rings (SSSR count). The van der Waals surface area contributed by atoms with E-state index in [1.807, 2.05) is 31.2 Å². The minimum atomic E-state index is -0.508. The third-order valence-corrected chi connectivity index (χ3v) is 3.82. The maximum atomic E-state index is 12.4. The Kier molecular flexibility index (Phi) is 5.60. The predicted octanol–water partition coefficient (Wildman–Crippen LogP) is 3.42. The third kappa shape index (κ3) is 3.68. The van der Waals surface area contributed by atoms with Crippen LogP contribution in [0.15, 0.2) is 40.0 Å². The van der Waals surface area contributed by atoms with Crippen molar-refractivity contribution >= 4 is 27.9 Å². The lowest BCUT2D eigenvalue weighted by Crippen LogP contribution is -2.46. The Morgan fingerprint density at radius 2 is 2.14 bits per heavy atom. The fourth-order valence-electron chi connectivity index (χ4n) is 2.45. The molecule has 0 radical (unpaired) electrons. The molecule has 22 heavy (non-hydrogen) atoms. The Bertz CT molecular complexity index is 613. The van der Waals surface area contributed by atoms with Crippen LogP contribution in [0.3, 0.4) is 0 Å². The number of carbonyl (C=O) groups is 2. The molecule has 0 aromatic heterocycles. The molecule has 1 aromatic rings. The van der Waals surface area contributed by atoms with Gasteiger partial charge in [0.2, 0.25) is 0 Å². The molecular formula is C16H19BrN2O3. The van der Waals surface area contributed by atoms with Crippen LogP contribution >= 0.6 is 15.9 Å². The van der Waals surface area contributed by atoms with Crippen molar-refractivity contribution in [1.82, 2.24) is 10.6 Å². The Morgan fingerprint density at radius 1 is 1.36 bits per heavy atom. The van der Waals surface area contributed by atoms with Gasteiger partial charge in [0.05, 0.1) is 18.2 Å². The van der Waals surface area contributed by atoms with Gasteiger partial charge in [0.1, 0.15) is 0 Å². The molecule has 0 spiro atoms. The quantitative estimate of drug-likeness (QED) is 0.784. The van der Waals surface area contributed by atoms with Gasteiger partial charge in [-0.1, -0.05) is 41.4 Å². The van der Waals surface area contributed by atoms with E-state index in [0.29, 0.717) is 24.3 Å². The number of ether oxygens (including phenoxy) is 1. The lowest BCUT2D eigenvalue weighted by Gasteiger charge is -2.29. The fourth-order valence-corrected chi connectivity index (χ4v) is 2.87. The van der Waals surface area contributed by atoms with Crippen molar-refractivity contribution in [2.24, 2.45) is 0 Å². The highest BCUT2D eigenvalue weighted by molar-refractivity contribution is 9.10. The number of allylic oxidation sites excluding steroid dienone is 1. The molecular weight excluding hydrogens is 348 g/mol. The number of urea groups is 1. The molecule has 1 atom stereocenters. The monoisotopic (exact) mass is 366 g/mol. The van der Waals surface area contributed by atoms with Crippen LogP contribution < -0.4 is 10.6 Å². The van der Waals surface area contributed by atoms with E-state index >= 15 is 0 Å². The summed E-state index contributed by atoms with van der Waals surface area (Å²) in [6.07, 6.45) is 1.44. The van der Waals surface area contributed by atoms with Crippen LogP contribution in [0.5, 0.6) is 0 Å². The number of nitrogens with one attached hydrogen (secondary N) is 2. The molecule has 1 unspecified atom stereocenters. The number of amides is 2. The van der Waals surface area contributed by atoms with Crippen LogP contribution in [0.1, 0.15) is 38.3 Å². The second kappa shape index (κ2) is 7.45. The molecule has 0 bridgehead atoms. The zero-order chi connectivity index (χ0) is 16.1. The lowest BCUT2D eigenvalue weighted by molar-refractivity contribution is -0.139. The second-order valence-corrected chi connectivity index (χ2v) is 5.86. The van der Waals surface area contributed by atoms with Crippen molar-refractivity contribution in [3.05, 3.63) is 45.6 Å². The predicted molar refractivity (Wildman–Crippen MR) is 87.1 cm³/mol. The Morgan fingerprint density at radius 3 is 2.77 bits per heavy atom. The number of hydrogen-bond acceptors (Lipinski definition) is 3. The van der Waals surface area contributed by atoms with Crippen molar-refractivity contribution in [1.29, 1.82) is 0 Å². The fraction of sp³-hybridized carbons (Fsp3) is 0.375. The molecule has 6 heteroatoms. The number of rotatable bonds is 5. The first-order valence-corrected chi connectivity index (χ1v) is 8.09. The highest BCUT2D eigenvalue weighted by Gasteiger charge is 2.33. The topological polar surface area (TPSA) is 67.4 Å². The molecule has 1 aliphatic rings. The van der Waals surface area contributed by atoms with Crippen LogP contribution in [-0.2, 0) is 9.53 Å². The van der Waals surface area contributed by atoms with Crippen LogP contribution in [-0.4, -0.2) is 18.6 Å². The number of benzene rings is 1. The maximum Gasteiger partial charge on any atom is 0.338 e. The Balaban J connectivity index is 2.49. The standard InChI is InChI=1S/C16H19BrN2O3/c1-3-6-12-13(15(20)22-4-2)14(19-16(21)18-12)10-7-5-8-11(17)9-10/h5,7-9,14H,3-4,6H2,1-2H3,(H2,18,19,21). The molecule has 5 nitrogen and oxygen atoms in total. The van der Waals surface area contributed by atoms with Gasteiger partial charge in [-0.05, 0) is 31.0 Å². The first-order valence-electron chi connectivity index (χ1n) is 7.30. The van der Waals surface area contributed by atoms with Crippen molar-refractivity contribution in [2.45, 2.75) is 32.7 Å². The number of halogens is 1. The minimum Gasteiger partial charge on any atom is -0.463 e. The van der Waals surface area contributed by atoms with E-state index in [-0.39, 0.29) is 6.03 Å². The molecule has 2 N–H and O–H groups in total. The van der Waals surface area contributed by atoms with Crippen LogP contribution in [0.4, 0.5) is 4.79 Å². The zero-order valence-corrected chi connectivity index (χ0v) is 14.2. The van der Waals surface area contributed by atoms with Gasteiger partial charge < -0.3 is 15.4 Å². The van der Waals surface area contributed by atoms with Gasteiger partial charge >= 0.3 is 12.0 Å². The van der Waals surface area contributed by atoms with Crippen molar-refractivity contribution in [3.63, 3.8) is 0 Å². The molecule has 2 amide bonds. The van der Waals surface area contributed by atoms with E-state index in [4.69, 9.17) is 4.74 Å². The summed E-state index contributed by atoms with van der Waals surface area (Å²) in [5, 5.41) is 5.55. The van der Waals surface area contributed by atoms with Crippen molar-refractivity contribution in [2.75, 3.05) is 6.61 Å². The summed E-state index contributed by atoms with van der Waals surface area (Å²) in [6.45, 7) is 4.06. The van der Waals surface area contributed by atoms with Crippen LogP contribution in [0.25, 0.3) is 0 Å². The van der Waals surface area contributed by atoms with Gasteiger partial charge in [-0.15, -0.1) is 0 Å². The minimum absolute atomic E-state index is 0.293. The molecule has 1 heterocycles. The summed E-state index contributed by atoms with van der Waals surface area (Å²) >= 11 is 3.42. The summed E-state index contributed by atoms with van der Waals surface area (Å²) in [7, 11) is 0. The average molecular weight is 367 g/mol. The third-order valence-electron chi connectivity index (χ3n) is 3.33. The number of esters is 1. The van der Waals surface area contributed by atoms with Gasteiger partial charge in [0, 0.05) is 10.2 Å². The first-order chi connectivity index (χ1) is 10.6. The molecule has 118 valence electrons. The molecule has 0 fully saturated rings. The molecule has 1 aliphatic heterocycles. The van der Waals surface area contributed by atoms with Gasteiger partial charge in [-0.2, -0.15) is 0 Å². The van der Waals surface area contributed by atoms with Crippen molar-refractivity contribution in [3.8, 4) is 0 Å². The summed E-state index contributed by atoms with van der Waals surface area (Å²) in [5.74, 6) is -0.400. The SMILES string of the molecule is CCCC1=C(C(=O)OCC)C(c2cccc(Br)c2)NC(=O)N1. The highest BCUT2D eigenvalue weighted by Crippen LogP contribution is 2.30. The van der Waals surface area contributed by atoms with Crippen LogP contribution in [0, 0.1) is 0 Å². The molecule has 0 aliphatic carbocycles. The maximum absolute atomic E-state index is 12.4. The molecule has 1 aromatic carbocycles. The van der Waals surface area contributed by atoms with Gasteiger partial charge in [-0.3, -0.25) is 0 Å². The molecule has 0 saturated heterocycles. The summed E-state index contributed by atoms with van der Waals surface area (Å²) in [4.78, 5) is 24.3. The Labute approximate surface area is 138 Å². The normalized spacial score (nSPS) is 17.8. The summed E-state index contributed by atoms with van der Waals surface area (Å²) in [5.41, 5.74) is 1.94. The zero-order valence-electron chi connectivity index (χ0n) is 12.6. The first kappa shape index (κ1) is 16.5. The van der Waals surface area contributed by atoms with E-state index in [0.717, 1.165) is 16.5 Å². The smallest absolute Gasteiger partial charge is 0.338 e. The van der Waals surface area contributed by atoms with Crippen LogP contribution in [0.2, 0.25) is 0 Å². The summed E-state index contributed by atoms with van der Waals surface area (Å²) in [6, 6.07) is 6.72. The van der Waals surface area contributed by atoms with E-state index in [9.17, 15) is 9.59 Å². The largest absolute Gasteiger partial charge is 0.463 e. The Hall–Kier alpha value is -1.82. The van der Waals surface area contributed by atoms with E-state index in [1.165, 1.54) is 0 Å². The van der Waals surface area contributed by atoms with Gasteiger partial charge in [0.25, 0.3) is 0 Å². The summed E-state index contributed by atoms with van der Waals surface area (Å²) < 4.78 is 6.06. The highest BCUT2D eigenvalue weighted by atomic mass is 79.9. The van der Waals surface area contributed by atoms with Gasteiger partial charge in [-0.25, -0.2) is 9.59 Å². The van der Waals surface area contributed by atoms with E-state index in [1.54, 1.807) is 6.92 Å². The second-order valence-electron chi connectivity index (χ2n) is 4.95. The van der Waals surface area contributed by atoms with E-state index in [2.05, 4.69) is 26.6 Å². The van der Waals surface area contributed by atoms with E-state index < -0.39 is 12.0 Å². The molecule has 0 saturated carbocycles. The number of hydrogen-bond donors (Lipinski definition) is 2. The van der Waals surface area contributed by atoms with Gasteiger partial charge in [0.15, 0.2) is 0 Å². The van der Waals surface area contributed by atoms with Crippen molar-refractivity contribution < 1.29 is 14.3 Å². The lowest BCUT2D eigenvalue weighted by atomic mass is 9.94.